The maximum atomic E-state index is 11.4. The average Bonchev–Trinajstić information content (AvgIpc) is 2.36. The first-order valence-corrected chi connectivity index (χ1v) is 7.11. The molecule has 1 heterocycles. The standard InChI is InChI=1S/C15H21N3O3/c1-15(2,3)6-7-16-12-8-10-4-5-14(19)17-11(10)9-13(12)18(20)21/h8-9,16H,4-7H2,1-3H3,(H,17,19). The van der Waals surface area contributed by atoms with Gasteiger partial charge in [-0.05, 0) is 29.9 Å². The summed E-state index contributed by atoms with van der Waals surface area (Å²) in [4.78, 5) is 22.2. The van der Waals surface area contributed by atoms with Crippen molar-refractivity contribution in [2.75, 3.05) is 17.2 Å². The molecule has 0 atom stereocenters. The number of carbonyl (C=O) groups is 1. The van der Waals surface area contributed by atoms with Gasteiger partial charge in [0.05, 0.1) is 10.6 Å². The third-order valence-electron chi connectivity index (χ3n) is 3.50. The van der Waals surface area contributed by atoms with E-state index in [0.717, 1.165) is 12.0 Å². The minimum absolute atomic E-state index is 0.00450. The first-order valence-electron chi connectivity index (χ1n) is 7.11. The van der Waals surface area contributed by atoms with Crippen molar-refractivity contribution in [1.82, 2.24) is 0 Å². The van der Waals surface area contributed by atoms with Crippen LogP contribution in [0.4, 0.5) is 17.1 Å². The summed E-state index contributed by atoms with van der Waals surface area (Å²) in [5, 5.41) is 17.1. The summed E-state index contributed by atoms with van der Waals surface area (Å²) >= 11 is 0. The number of nitro benzene ring substituents is 1. The Bertz CT molecular complexity index is 576. The van der Waals surface area contributed by atoms with Crippen molar-refractivity contribution in [2.45, 2.75) is 40.0 Å². The van der Waals surface area contributed by atoms with Gasteiger partial charge in [-0.1, -0.05) is 20.8 Å². The van der Waals surface area contributed by atoms with Crippen LogP contribution < -0.4 is 10.6 Å². The molecule has 1 aliphatic rings. The fraction of sp³-hybridized carbons (Fsp3) is 0.533. The maximum absolute atomic E-state index is 11.4. The van der Waals surface area contributed by atoms with E-state index in [1.807, 2.05) is 0 Å². The molecular formula is C15H21N3O3. The van der Waals surface area contributed by atoms with Crippen LogP contribution in [0.2, 0.25) is 0 Å². The highest BCUT2D eigenvalue weighted by Crippen LogP contribution is 2.34. The van der Waals surface area contributed by atoms with Crippen LogP contribution in [0.5, 0.6) is 0 Å². The largest absolute Gasteiger partial charge is 0.379 e. The number of nitro groups is 1. The molecule has 0 unspecified atom stereocenters. The zero-order chi connectivity index (χ0) is 15.6. The molecule has 1 aromatic carbocycles. The number of nitrogens with one attached hydrogen (secondary N) is 2. The summed E-state index contributed by atoms with van der Waals surface area (Å²) in [7, 11) is 0. The third-order valence-corrected chi connectivity index (χ3v) is 3.50. The van der Waals surface area contributed by atoms with E-state index >= 15 is 0 Å². The highest BCUT2D eigenvalue weighted by atomic mass is 16.6. The predicted octanol–water partition coefficient (Wildman–Crippen LogP) is 3.33. The number of aryl methyl sites for hydroxylation is 1. The van der Waals surface area contributed by atoms with Crippen LogP contribution in [0.15, 0.2) is 12.1 Å². The van der Waals surface area contributed by atoms with Gasteiger partial charge in [0.15, 0.2) is 0 Å². The van der Waals surface area contributed by atoms with Crippen LogP contribution in [-0.2, 0) is 11.2 Å². The van der Waals surface area contributed by atoms with Crippen LogP contribution in [0.25, 0.3) is 0 Å². The number of hydrogen-bond donors (Lipinski definition) is 2. The number of rotatable bonds is 4. The highest BCUT2D eigenvalue weighted by Gasteiger charge is 2.22. The lowest BCUT2D eigenvalue weighted by Gasteiger charge is -2.20. The molecule has 0 radical (unpaired) electrons. The molecule has 114 valence electrons. The van der Waals surface area contributed by atoms with Gasteiger partial charge in [-0.2, -0.15) is 0 Å². The summed E-state index contributed by atoms with van der Waals surface area (Å²) in [6.07, 6.45) is 1.96. The molecule has 0 fully saturated rings. The van der Waals surface area contributed by atoms with Crippen molar-refractivity contribution in [2.24, 2.45) is 5.41 Å². The quantitative estimate of drug-likeness (QED) is 0.658. The third kappa shape index (κ3) is 3.93. The molecule has 0 bridgehead atoms. The topological polar surface area (TPSA) is 84.3 Å². The van der Waals surface area contributed by atoms with Crippen LogP contribution in [0.1, 0.15) is 39.2 Å². The SMILES string of the molecule is CC(C)(C)CCNc1cc2c(cc1[N+](=O)[O-])NC(=O)CC2. The van der Waals surface area contributed by atoms with Gasteiger partial charge in [0.1, 0.15) is 5.69 Å². The first-order chi connectivity index (χ1) is 9.76. The Morgan fingerprint density at radius 1 is 1.33 bits per heavy atom. The second-order valence-electron chi connectivity index (χ2n) is 6.57. The molecule has 21 heavy (non-hydrogen) atoms. The van der Waals surface area contributed by atoms with E-state index in [-0.39, 0.29) is 17.0 Å². The van der Waals surface area contributed by atoms with Crippen LogP contribution in [-0.4, -0.2) is 17.4 Å². The van der Waals surface area contributed by atoms with Gasteiger partial charge in [0, 0.05) is 19.0 Å². The second-order valence-corrected chi connectivity index (χ2v) is 6.57. The van der Waals surface area contributed by atoms with E-state index in [1.165, 1.54) is 6.07 Å². The number of hydrogen-bond acceptors (Lipinski definition) is 4. The summed E-state index contributed by atoms with van der Waals surface area (Å²) < 4.78 is 0. The van der Waals surface area contributed by atoms with Gasteiger partial charge in [0.2, 0.25) is 5.91 Å². The van der Waals surface area contributed by atoms with Gasteiger partial charge >= 0.3 is 0 Å². The average molecular weight is 291 g/mol. The Morgan fingerprint density at radius 3 is 2.67 bits per heavy atom. The molecule has 0 saturated heterocycles. The molecule has 0 saturated carbocycles. The first kappa shape index (κ1) is 15.3. The molecule has 2 N–H and O–H groups in total. The summed E-state index contributed by atoms with van der Waals surface area (Å²) in [6, 6.07) is 3.24. The van der Waals surface area contributed by atoms with E-state index in [0.29, 0.717) is 30.8 Å². The normalized spacial score (nSPS) is 14.3. The molecule has 1 aliphatic heterocycles. The fourth-order valence-corrected chi connectivity index (χ4v) is 2.28. The Labute approximate surface area is 124 Å². The van der Waals surface area contributed by atoms with Gasteiger partial charge in [0.25, 0.3) is 5.69 Å². The van der Waals surface area contributed by atoms with Crippen molar-refractivity contribution in [3.05, 3.63) is 27.8 Å². The smallest absolute Gasteiger partial charge is 0.294 e. The lowest BCUT2D eigenvalue weighted by atomic mass is 9.92. The van der Waals surface area contributed by atoms with Crippen LogP contribution in [0, 0.1) is 15.5 Å². The highest BCUT2D eigenvalue weighted by molar-refractivity contribution is 5.95. The minimum Gasteiger partial charge on any atom is -0.379 e. The summed E-state index contributed by atoms with van der Waals surface area (Å²) in [5.74, 6) is -0.0924. The van der Waals surface area contributed by atoms with Crippen molar-refractivity contribution >= 4 is 23.0 Å². The minimum atomic E-state index is -0.416. The fourth-order valence-electron chi connectivity index (χ4n) is 2.28. The van der Waals surface area contributed by atoms with Gasteiger partial charge in [-0.3, -0.25) is 14.9 Å². The number of benzene rings is 1. The van der Waals surface area contributed by atoms with Crippen molar-refractivity contribution in [3.8, 4) is 0 Å². The van der Waals surface area contributed by atoms with Crippen LogP contribution in [0.3, 0.4) is 0 Å². The molecule has 1 amide bonds. The lowest BCUT2D eigenvalue weighted by Crippen LogP contribution is -2.20. The Balaban J connectivity index is 2.23. The lowest BCUT2D eigenvalue weighted by molar-refractivity contribution is -0.383. The summed E-state index contributed by atoms with van der Waals surface area (Å²) in [6.45, 7) is 7.07. The van der Waals surface area contributed by atoms with Crippen LogP contribution >= 0.6 is 0 Å². The Morgan fingerprint density at radius 2 is 2.05 bits per heavy atom. The number of anilines is 2. The van der Waals surface area contributed by atoms with Crippen molar-refractivity contribution in [1.29, 1.82) is 0 Å². The molecular weight excluding hydrogens is 270 g/mol. The van der Waals surface area contributed by atoms with E-state index in [4.69, 9.17) is 0 Å². The molecule has 0 aliphatic carbocycles. The molecule has 6 nitrogen and oxygen atoms in total. The second kappa shape index (κ2) is 5.71. The zero-order valence-corrected chi connectivity index (χ0v) is 12.7. The van der Waals surface area contributed by atoms with Crippen molar-refractivity contribution < 1.29 is 9.72 Å². The van der Waals surface area contributed by atoms with E-state index in [9.17, 15) is 14.9 Å². The zero-order valence-electron chi connectivity index (χ0n) is 12.7. The Hall–Kier alpha value is -2.11. The van der Waals surface area contributed by atoms with Gasteiger partial charge in [-0.25, -0.2) is 0 Å². The number of amides is 1. The molecule has 2 rings (SSSR count). The van der Waals surface area contributed by atoms with E-state index in [2.05, 4.69) is 31.4 Å². The molecule has 1 aromatic rings. The van der Waals surface area contributed by atoms with Crippen molar-refractivity contribution in [3.63, 3.8) is 0 Å². The monoisotopic (exact) mass is 291 g/mol. The number of carbonyl (C=O) groups excluding carboxylic acids is 1. The molecule has 0 spiro atoms. The summed E-state index contributed by atoms with van der Waals surface area (Å²) in [5.41, 5.74) is 2.20. The number of nitrogens with zero attached hydrogens (tertiary/aromatic N) is 1. The van der Waals surface area contributed by atoms with E-state index < -0.39 is 4.92 Å². The van der Waals surface area contributed by atoms with Gasteiger partial charge < -0.3 is 10.6 Å². The molecule has 6 heteroatoms. The van der Waals surface area contributed by atoms with E-state index in [1.54, 1.807) is 6.07 Å². The molecule has 0 aromatic heterocycles. The Kier molecular flexibility index (Phi) is 4.16. The van der Waals surface area contributed by atoms with Gasteiger partial charge in [-0.15, -0.1) is 0 Å². The predicted molar refractivity (Wildman–Crippen MR) is 82.6 cm³/mol. The maximum Gasteiger partial charge on any atom is 0.294 e. The number of fused-ring (bicyclic) bond motifs is 1.